The fraction of sp³-hybridized carbons (Fsp3) is 0.769. The maximum absolute atomic E-state index is 5.49. The number of rotatable bonds is 4. The minimum Gasteiger partial charge on any atom is -0.381 e. The Hall–Kier alpha value is -0.870. The first-order chi connectivity index (χ1) is 8.15. The molecule has 1 saturated heterocycles. The van der Waals surface area contributed by atoms with Gasteiger partial charge in [0.2, 0.25) is 0 Å². The second-order valence-electron chi connectivity index (χ2n) is 5.22. The quantitative estimate of drug-likeness (QED) is 0.857. The van der Waals surface area contributed by atoms with Crippen LogP contribution in [0.5, 0.6) is 0 Å². The number of nitrogens with zero attached hydrogens (tertiary/aromatic N) is 2. The van der Waals surface area contributed by atoms with Crippen molar-refractivity contribution < 1.29 is 4.74 Å². The predicted molar refractivity (Wildman–Crippen MR) is 68.1 cm³/mol. The molecular weight excluding hydrogens is 214 g/mol. The molecule has 0 unspecified atom stereocenters. The minimum absolute atomic E-state index is 0.341. The highest BCUT2D eigenvalue weighted by Gasteiger charge is 2.33. The molecule has 0 radical (unpaired) electrons. The third-order valence-electron chi connectivity index (χ3n) is 3.76. The van der Waals surface area contributed by atoms with Crippen LogP contribution in [-0.2, 0) is 18.2 Å². The Morgan fingerprint density at radius 3 is 2.71 bits per heavy atom. The first-order valence-electron chi connectivity index (χ1n) is 6.37. The molecule has 0 saturated carbocycles. The highest BCUT2D eigenvalue weighted by Crippen LogP contribution is 2.33. The van der Waals surface area contributed by atoms with Gasteiger partial charge in [0, 0.05) is 32.5 Å². The molecule has 0 amide bonds. The SMILES string of the molecule is CNCC1(Cc2cc(C)nn2C)CCOCC1. The lowest BCUT2D eigenvalue weighted by atomic mass is 9.76. The molecule has 0 spiro atoms. The molecule has 0 aliphatic carbocycles. The van der Waals surface area contributed by atoms with Crippen LogP contribution in [-0.4, -0.2) is 36.6 Å². The molecule has 4 nitrogen and oxygen atoms in total. The van der Waals surface area contributed by atoms with E-state index < -0.39 is 0 Å². The summed E-state index contributed by atoms with van der Waals surface area (Å²) in [5.74, 6) is 0. The summed E-state index contributed by atoms with van der Waals surface area (Å²) in [6.07, 6.45) is 3.37. The summed E-state index contributed by atoms with van der Waals surface area (Å²) in [5.41, 5.74) is 2.78. The van der Waals surface area contributed by atoms with E-state index in [0.717, 1.165) is 44.7 Å². The maximum atomic E-state index is 5.49. The van der Waals surface area contributed by atoms with Crippen LogP contribution in [0.25, 0.3) is 0 Å². The molecule has 1 aromatic heterocycles. The van der Waals surface area contributed by atoms with E-state index in [-0.39, 0.29) is 0 Å². The van der Waals surface area contributed by atoms with Gasteiger partial charge in [-0.1, -0.05) is 0 Å². The summed E-state index contributed by atoms with van der Waals surface area (Å²) in [5, 5.41) is 7.77. The van der Waals surface area contributed by atoms with Crippen molar-refractivity contribution in [3.8, 4) is 0 Å². The molecule has 0 aromatic carbocycles. The topological polar surface area (TPSA) is 39.1 Å². The van der Waals surface area contributed by atoms with Crippen LogP contribution in [0, 0.1) is 12.3 Å². The molecule has 0 atom stereocenters. The Labute approximate surface area is 103 Å². The van der Waals surface area contributed by atoms with Gasteiger partial charge in [-0.05, 0) is 44.7 Å². The van der Waals surface area contributed by atoms with Crippen molar-refractivity contribution in [3.05, 3.63) is 17.5 Å². The summed E-state index contributed by atoms with van der Waals surface area (Å²) in [6, 6.07) is 2.20. The molecule has 2 rings (SSSR count). The third-order valence-corrected chi connectivity index (χ3v) is 3.76. The van der Waals surface area contributed by atoms with E-state index in [1.807, 2.05) is 18.8 Å². The Kier molecular flexibility index (Phi) is 3.84. The Balaban J connectivity index is 2.14. The number of aryl methyl sites for hydroxylation is 2. The first-order valence-corrected chi connectivity index (χ1v) is 6.37. The normalized spacial score (nSPS) is 19.5. The Morgan fingerprint density at radius 2 is 2.18 bits per heavy atom. The molecule has 1 aliphatic rings. The molecule has 1 aromatic rings. The van der Waals surface area contributed by atoms with Crippen LogP contribution in [0.15, 0.2) is 6.07 Å². The van der Waals surface area contributed by atoms with Gasteiger partial charge in [0.05, 0.1) is 5.69 Å². The zero-order valence-electron chi connectivity index (χ0n) is 11.1. The Morgan fingerprint density at radius 1 is 1.47 bits per heavy atom. The molecule has 4 heteroatoms. The van der Waals surface area contributed by atoms with E-state index in [1.165, 1.54) is 5.69 Å². The fourth-order valence-corrected chi connectivity index (χ4v) is 2.81. The van der Waals surface area contributed by atoms with Gasteiger partial charge in [0.1, 0.15) is 0 Å². The van der Waals surface area contributed by atoms with Crippen LogP contribution < -0.4 is 5.32 Å². The molecule has 1 aliphatic heterocycles. The molecule has 1 fully saturated rings. The highest BCUT2D eigenvalue weighted by atomic mass is 16.5. The van der Waals surface area contributed by atoms with Crippen LogP contribution in [0.4, 0.5) is 0 Å². The fourth-order valence-electron chi connectivity index (χ4n) is 2.81. The monoisotopic (exact) mass is 237 g/mol. The number of hydrogen-bond donors (Lipinski definition) is 1. The van der Waals surface area contributed by atoms with Crippen LogP contribution in [0.2, 0.25) is 0 Å². The van der Waals surface area contributed by atoms with Crippen molar-refractivity contribution in [2.45, 2.75) is 26.2 Å². The van der Waals surface area contributed by atoms with Gasteiger partial charge >= 0.3 is 0 Å². The largest absolute Gasteiger partial charge is 0.381 e. The van der Waals surface area contributed by atoms with Gasteiger partial charge in [-0.2, -0.15) is 5.10 Å². The average Bonchev–Trinajstić information content (AvgIpc) is 2.59. The van der Waals surface area contributed by atoms with Crippen LogP contribution in [0.3, 0.4) is 0 Å². The molecule has 2 heterocycles. The predicted octanol–water partition coefficient (Wildman–Crippen LogP) is 1.29. The summed E-state index contributed by atoms with van der Waals surface area (Å²) in [6.45, 7) is 4.88. The van der Waals surface area contributed by atoms with E-state index in [2.05, 4.69) is 23.4 Å². The zero-order chi connectivity index (χ0) is 12.3. The summed E-state index contributed by atoms with van der Waals surface area (Å²) >= 11 is 0. The van der Waals surface area contributed by atoms with Crippen molar-refractivity contribution >= 4 is 0 Å². The number of aromatic nitrogens is 2. The van der Waals surface area contributed by atoms with Gasteiger partial charge in [-0.25, -0.2) is 0 Å². The van der Waals surface area contributed by atoms with E-state index in [1.54, 1.807) is 0 Å². The molecule has 1 N–H and O–H groups in total. The van der Waals surface area contributed by atoms with E-state index in [4.69, 9.17) is 4.74 Å². The average molecular weight is 237 g/mol. The van der Waals surface area contributed by atoms with Gasteiger partial charge in [-0.3, -0.25) is 4.68 Å². The first kappa shape index (κ1) is 12.6. The van der Waals surface area contributed by atoms with Crippen LogP contribution >= 0.6 is 0 Å². The van der Waals surface area contributed by atoms with Crippen molar-refractivity contribution in [2.75, 3.05) is 26.8 Å². The lowest BCUT2D eigenvalue weighted by Gasteiger charge is -2.37. The van der Waals surface area contributed by atoms with Gasteiger partial charge in [0.25, 0.3) is 0 Å². The molecular formula is C13H23N3O. The molecule has 17 heavy (non-hydrogen) atoms. The minimum atomic E-state index is 0.341. The lowest BCUT2D eigenvalue weighted by molar-refractivity contribution is 0.0150. The standard InChI is InChI=1S/C13H23N3O/c1-11-8-12(16(3)15-11)9-13(10-14-2)4-6-17-7-5-13/h8,14H,4-7,9-10H2,1-3H3. The van der Waals surface area contributed by atoms with E-state index >= 15 is 0 Å². The smallest absolute Gasteiger partial charge is 0.0596 e. The molecule has 96 valence electrons. The van der Waals surface area contributed by atoms with Crippen LogP contribution in [0.1, 0.15) is 24.2 Å². The van der Waals surface area contributed by atoms with E-state index in [0.29, 0.717) is 5.41 Å². The molecule has 0 bridgehead atoms. The third kappa shape index (κ3) is 2.87. The zero-order valence-corrected chi connectivity index (χ0v) is 11.1. The van der Waals surface area contributed by atoms with E-state index in [9.17, 15) is 0 Å². The van der Waals surface area contributed by atoms with Crippen molar-refractivity contribution in [1.82, 2.24) is 15.1 Å². The maximum Gasteiger partial charge on any atom is 0.0596 e. The summed E-state index contributed by atoms with van der Waals surface area (Å²) in [7, 11) is 4.07. The second kappa shape index (κ2) is 5.19. The van der Waals surface area contributed by atoms with Crippen molar-refractivity contribution in [1.29, 1.82) is 0 Å². The Bertz CT molecular complexity index is 361. The number of ether oxygens (including phenoxy) is 1. The van der Waals surface area contributed by atoms with Gasteiger partial charge in [0.15, 0.2) is 0 Å². The van der Waals surface area contributed by atoms with Gasteiger partial charge in [-0.15, -0.1) is 0 Å². The summed E-state index contributed by atoms with van der Waals surface area (Å²) in [4.78, 5) is 0. The number of nitrogens with one attached hydrogen (secondary N) is 1. The number of hydrogen-bond acceptors (Lipinski definition) is 3. The lowest BCUT2D eigenvalue weighted by Crippen LogP contribution is -2.40. The second-order valence-corrected chi connectivity index (χ2v) is 5.22. The highest BCUT2D eigenvalue weighted by molar-refractivity contribution is 5.11. The summed E-state index contributed by atoms with van der Waals surface area (Å²) < 4.78 is 7.51. The van der Waals surface area contributed by atoms with Crippen molar-refractivity contribution in [3.63, 3.8) is 0 Å². The van der Waals surface area contributed by atoms with Gasteiger partial charge < -0.3 is 10.1 Å². The van der Waals surface area contributed by atoms with Crippen molar-refractivity contribution in [2.24, 2.45) is 12.5 Å².